The molecular formula is C12H17N5O2. The Morgan fingerprint density at radius 3 is 2.89 bits per heavy atom. The Morgan fingerprint density at radius 1 is 1.58 bits per heavy atom. The monoisotopic (exact) mass is 263 g/mol. The van der Waals surface area contributed by atoms with Gasteiger partial charge in [-0.2, -0.15) is 4.98 Å². The third-order valence-electron chi connectivity index (χ3n) is 2.92. The molecule has 0 aliphatic rings. The zero-order valence-corrected chi connectivity index (χ0v) is 11.3. The van der Waals surface area contributed by atoms with E-state index in [0.717, 1.165) is 0 Å². The van der Waals surface area contributed by atoms with E-state index in [4.69, 9.17) is 4.52 Å². The van der Waals surface area contributed by atoms with Crippen LogP contribution in [0.4, 0.5) is 0 Å². The summed E-state index contributed by atoms with van der Waals surface area (Å²) in [5.74, 6) is 1.02. The lowest BCUT2D eigenvalue weighted by Crippen LogP contribution is -2.35. The van der Waals surface area contributed by atoms with Gasteiger partial charge in [-0.15, -0.1) is 0 Å². The molecule has 102 valence electrons. The largest absolute Gasteiger partial charge is 0.340 e. The summed E-state index contributed by atoms with van der Waals surface area (Å²) in [4.78, 5) is 22.1. The molecule has 0 aliphatic carbocycles. The molecule has 1 amide bonds. The molecule has 2 heterocycles. The predicted molar refractivity (Wildman–Crippen MR) is 67.1 cm³/mol. The Bertz CT molecular complexity index is 534. The van der Waals surface area contributed by atoms with Gasteiger partial charge in [0.15, 0.2) is 5.82 Å². The summed E-state index contributed by atoms with van der Waals surface area (Å²) in [7, 11) is 0. The summed E-state index contributed by atoms with van der Waals surface area (Å²) >= 11 is 0. The van der Waals surface area contributed by atoms with E-state index in [9.17, 15) is 4.79 Å². The minimum Gasteiger partial charge on any atom is -0.340 e. The van der Waals surface area contributed by atoms with Gasteiger partial charge in [-0.1, -0.05) is 5.16 Å². The summed E-state index contributed by atoms with van der Waals surface area (Å²) in [6.07, 6.45) is 5.06. The van der Waals surface area contributed by atoms with Crippen molar-refractivity contribution in [2.75, 3.05) is 6.54 Å². The molecule has 19 heavy (non-hydrogen) atoms. The van der Waals surface area contributed by atoms with Crippen LogP contribution in [0.5, 0.6) is 0 Å². The number of imidazole rings is 1. The van der Waals surface area contributed by atoms with Gasteiger partial charge < -0.3 is 14.0 Å². The molecule has 2 rings (SSSR count). The molecule has 0 spiro atoms. The van der Waals surface area contributed by atoms with Crippen LogP contribution in [0, 0.1) is 6.92 Å². The molecule has 2 aromatic rings. The molecule has 0 saturated heterocycles. The third-order valence-corrected chi connectivity index (χ3v) is 2.92. The Labute approximate surface area is 111 Å². The van der Waals surface area contributed by atoms with Crippen LogP contribution < -0.4 is 0 Å². The fraction of sp³-hybridized carbons (Fsp3) is 0.500. The number of aryl methyl sites for hydroxylation is 1. The van der Waals surface area contributed by atoms with Gasteiger partial charge in [0.25, 0.3) is 0 Å². The average molecular weight is 263 g/mol. The standard InChI is InChI=1S/C12H17N5O2/c1-4-16(7-11-14-10(3)19-15-11)12(18)9(2)17-6-5-13-8-17/h5-6,8-9H,4,7H2,1-3H3/t9-/m1/s1. The van der Waals surface area contributed by atoms with Gasteiger partial charge in [0, 0.05) is 25.9 Å². The van der Waals surface area contributed by atoms with E-state index in [-0.39, 0.29) is 11.9 Å². The van der Waals surface area contributed by atoms with Crippen molar-refractivity contribution in [1.82, 2.24) is 24.6 Å². The first-order valence-corrected chi connectivity index (χ1v) is 6.17. The van der Waals surface area contributed by atoms with Crippen molar-refractivity contribution in [3.63, 3.8) is 0 Å². The minimum atomic E-state index is -0.296. The van der Waals surface area contributed by atoms with Crippen LogP contribution in [0.2, 0.25) is 0 Å². The van der Waals surface area contributed by atoms with Crippen LogP contribution in [0.15, 0.2) is 23.2 Å². The van der Waals surface area contributed by atoms with Crippen molar-refractivity contribution in [3.8, 4) is 0 Å². The third kappa shape index (κ3) is 2.98. The number of nitrogens with zero attached hydrogens (tertiary/aromatic N) is 5. The van der Waals surface area contributed by atoms with Crippen LogP contribution in [0.1, 0.15) is 31.6 Å². The number of amides is 1. The molecule has 0 unspecified atom stereocenters. The molecule has 0 aliphatic heterocycles. The maximum atomic E-state index is 12.4. The van der Waals surface area contributed by atoms with Gasteiger partial charge in [0.2, 0.25) is 11.8 Å². The first kappa shape index (κ1) is 13.3. The Hall–Kier alpha value is -2.18. The highest BCUT2D eigenvalue weighted by Gasteiger charge is 2.22. The fourth-order valence-electron chi connectivity index (χ4n) is 1.81. The van der Waals surface area contributed by atoms with Crippen molar-refractivity contribution in [2.45, 2.75) is 33.4 Å². The van der Waals surface area contributed by atoms with E-state index in [1.807, 2.05) is 13.8 Å². The van der Waals surface area contributed by atoms with Crippen molar-refractivity contribution < 1.29 is 9.32 Å². The zero-order valence-electron chi connectivity index (χ0n) is 11.3. The lowest BCUT2D eigenvalue weighted by Gasteiger charge is -2.23. The van der Waals surface area contributed by atoms with Gasteiger partial charge in [-0.25, -0.2) is 4.98 Å². The second kappa shape index (κ2) is 5.64. The second-order valence-corrected chi connectivity index (χ2v) is 4.27. The van der Waals surface area contributed by atoms with Gasteiger partial charge in [0.05, 0.1) is 12.9 Å². The maximum absolute atomic E-state index is 12.4. The first-order valence-electron chi connectivity index (χ1n) is 6.17. The summed E-state index contributed by atoms with van der Waals surface area (Å²) in [6.45, 7) is 6.43. The maximum Gasteiger partial charge on any atom is 0.245 e. The van der Waals surface area contributed by atoms with E-state index in [0.29, 0.717) is 24.8 Å². The van der Waals surface area contributed by atoms with E-state index in [1.165, 1.54) is 0 Å². The number of carbonyl (C=O) groups is 1. The summed E-state index contributed by atoms with van der Waals surface area (Å²) < 4.78 is 6.68. The van der Waals surface area contributed by atoms with Crippen molar-refractivity contribution in [3.05, 3.63) is 30.4 Å². The van der Waals surface area contributed by atoms with E-state index in [1.54, 1.807) is 35.1 Å². The number of rotatable bonds is 5. The summed E-state index contributed by atoms with van der Waals surface area (Å²) in [5, 5.41) is 3.81. The minimum absolute atomic E-state index is 0.00273. The number of aromatic nitrogens is 4. The van der Waals surface area contributed by atoms with Gasteiger partial charge in [-0.3, -0.25) is 4.79 Å². The molecule has 0 N–H and O–H groups in total. The van der Waals surface area contributed by atoms with Crippen molar-refractivity contribution >= 4 is 5.91 Å². The van der Waals surface area contributed by atoms with Gasteiger partial charge in [-0.05, 0) is 13.8 Å². The van der Waals surface area contributed by atoms with Crippen LogP contribution in [-0.4, -0.2) is 37.0 Å². The van der Waals surface area contributed by atoms with E-state index >= 15 is 0 Å². The normalized spacial score (nSPS) is 12.4. The molecule has 0 bridgehead atoms. The molecule has 1 atom stereocenters. The summed E-state index contributed by atoms with van der Waals surface area (Å²) in [5.41, 5.74) is 0. The lowest BCUT2D eigenvalue weighted by molar-refractivity contribution is -0.134. The van der Waals surface area contributed by atoms with Crippen LogP contribution in [0.25, 0.3) is 0 Å². The van der Waals surface area contributed by atoms with Crippen molar-refractivity contribution in [1.29, 1.82) is 0 Å². The Balaban J connectivity index is 2.06. The molecule has 2 aromatic heterocycles. The Kier molecular flexibility index (Phi) is 3.94. The lowest BCUT2D eigenvalue weighted by atomic mass is 10.2. The smallest absolute Gasteiger partial charge is 0.245 e. The number of hydrogen-bond donors (Lipinski definition) is 0. The highest BCUT2D eigenvalue weighted by atomic mass is 16.5. The number of hydrogen-bond acceptors (Lipinski definition) is 5. The molecule has 0 radical (unpaired) electrons. The van der Waals surface area contributed by atoms with E-state index < -0.39 is 0 Å². The van der Waals surface area contributed by atoms with Crippen molar-refractivity contribution in [2.24, 2.45) is 0 Å². The quantitative estimate of drug-likeness (QED) is 0.809. The fourth-order valence-corrected chi connectivity index (χ4v) is 1.81. The summed E-state index contributed by atoms with van der Waals surface area (Å²) in [6, 6.07) is -0.296. The molecule has 0 aromatic carbocycles. The van der Waals surface area contributed by atoms with Crippen LogP contribution in [-0.2, 0) is 11.3 Å². The van der Waals surface area contributed by atoms with E-state index in [2.05, 4.69) is 15.1 Å². The predicted octanol–water partition coefficient (Wildman–Crippen LogP) is 1.18. The van der Waals surface area contributed by atoms with Gasteiger partial charge >= 0.3 is 0 Å². The first-order chi connectivity index (χ1) is 9.11. The molecule has 7 heteroatoms. The second-order valence-electron chi connectivity index (χ2n) is 4.27. The zero-order chi connectivity index (χ0) is 13.8. The molecule has 0 fully saturated rings. The highest BCUT2D eigenvalue weighted by molar-refractivity contribution is 5.79. The highest BCUT2D eigenvalue weighted by Crippen LogP contribution is 2.11. The number of carbonyl (C=O) groups excluding carboxylic acids is 1. The molecule has 0 saturated carbocycles. The van der Waals surface area contributed by atoms with Gasteiger partial charge in [0.1, 0.15) is 6.04 Å². The Morgan fingerprint density at radius 2 is 2.37 bits per heavy atom. The average Bonchev–Trinajstić information content (AvgIpc) is 3.05. The molecule has 7 nitrogen and oxygen atoms in total. The number of likely N-dealkylation sites (N-methyl/N-ethyl adjacent to an activating group) is 1. The van der Waals surface area contributed by atoms with Crippen LogP contribution in [0.3, 0.4) is 0 Å². The topological polar surface area (TPSA) is 77.0 Å². The molecular weight excluding hydrogens is 246 g/mol. The SMILES string of the molecule is CCN(Cc1noc(C)n1)C(=O)[C@@H](C)n1ccnc1. The van der Waals surface area contributed by atoms with Crippen LogP contribution >= 0.6 is 0 Å².